The summed E-state index contributed by atoms with van der Waals surface area (Å²) in [5.41, 5.74) is 1.38. The van der Waals surface area contributed by atoms with E-state index in [1.54, 1.807) is 37.3 Å². The van der Waals surface area contributed by atoms with E-state index in [1.165, 1.54) is 48.4 Å². The molecule has 0 heterocycles. The van der Waals surface area contributed by atoms with Crippen LogP contribution in [0.4, 0.5) is 10.1 Å². The number of halogens is 2. The summed E-state index contributed by atoms with van der Waals surface area (Å²) in [5, 5.41) is 2.81. The van der Waals surface area contributed by atoms with E-state index in [4.69, 9.17) is 4.74 Å². The summed E-state index contributed by atoms with van der Waals surface area (Å²) >= 11 is 3.33. The molecule has 220 valence electrons. The molecule has 1 atom stereocenters. The fourth-order valence-electron chi connectivity index (χ4n) is 4.10. The molecule has 0 saturated carbocycles. The topological polar surface area (TPSA) is 96.0 Å². The van der Waals surface area contributed by atoms with Gasteiger partial charge in [0, 0.05) is 18.7 Å². The summed E-state index contributed by atoms with van der Waals surface area (Å²) in [7, 11) is -2.79. The number of amides is 2. The number of rotatable bonds is 13. The smallest absolute Gasteiger partial charge is 0.264 e. The van der Waals surface area contributed by atoms with Crippen LogP contribution < -0.4 is 14.4 Å². The highest BCUT2D eigenvalue weighted by Crippen LogP contribution is 2.31. The zero-order chi connectivity index (χ0) is 30.2. The van der Waals surface area contributed by atoms with Gasteiger partial charge in [0.1, 0.15) is 24.2 Å². The summed E-state index contributed by atoms with van der Waals surface area (Å²) in [4.78, 5) is 28.1. The Morgan fingerprint density at radius 1 is 1.07 bits per heavy atom. The van der Waals surface area contributed by atoms with E-state index in [0.29, 0.717) is 16.8 Å². The van der Waals surface area contributed by atoms with Crippen LogP contribution in [0.2, 0.25) is 0 Å². The number of anilines is 1. The molecule has 41 heavy (non-hydrogen) atoms. The Balaban J connectivity index is 2.03. The first kappa shape index (κ1) is 32.1. The van der Waals surface area contributed by atoms with Gasteiger partial charge < -0.3 is 15.0 Å². The third kappa shape index (κ3) is 8.07. The highest BCUT2D eigenvalue weighted by atomic mass is 79.9. The van der Waals surface area contributed by atoms with Crippen molar-refractivity contribution in [2.24, 2.45) is 0 Å². The number of unbranched alkanes of at least 4 members (excludes halogenated alkanes) is 1. The van der Waals surface area contributed by atoms with Crippen molar-refractivity contribution in [3.8, 4) is 5.75 Å². The van der Waals surface area contributed by atoms with Crippen molar-refractivity contribution in [1.29, 1.82) is 0 Å². The van der Waals surface area contributed by atoms with Crippen LogP contribution >= 0.6 is 15.9 Å². The molecule has 0 saturated heterocycles. The number of ether oxygens (including phenoxy) is 1. The summed E-state index contributed by atoms with van der Waals surface area (Å²) in [6.07, 6.45) is 1.63. The van der Waals surface area contributed by atoms with Crippen LogP contribution in [0, 0.1) is 12.7 Å². The molecule has 8 nitrogen and oxygen atoms in total. The normalized spacial score (nSPS) is 12.0. The molecule has 2 amide bonds. The number of carbonyl (C=O) groups excluding carboxylic acids is 2. The minimum absolute atomic E-state index is 0.0652. The van der Waals surface area contributed by atoms with Crippen molar-refractivity contribution in [3.63, 3.8) is 0 Å². The fourth-order valence-corrected chi connectivity index (χ4v) is 6.24. The summed E-state index contributed by atoms with van der Waals surface area (Å²) in [5.74, 6) is -1.16. The maximum atomic E-state index is 14.6. The van der Waals surface area contributed by atoms with Crippen LogP contribution in [0.1, 0.15) is 37.8 Å². The van der Waals surface area contributed by atoms with Crippen LogP contribution in [-0.2, 0) is 26.2 Å². The molecule has 1 N–H and O–H groups in total. The lowest BCUT2D eigenvalue weighted by atomic mass is 10.1. The van der Waals surface area contributed by atoms with E-state index in [1.807, 2.05) is 13.8 Å². The monoisotopic (exact) mass is 647 g/mol. The van der Waals surface area contributed by atoms with Gasteiger partial charge in [-0.3, -0.25) is 13.9 Å². The largest absolute Gasteiger partial charge is 0.496 e. The molecule has 0 aromatic heterocycles. The zero-order valence-electron chi connectivity index (χ0n) is 23.6. The predicted octanol–water partition coefficient (Wildman–Crippen LogP) is 5.43. The Bertz CT molecular complexity index is 1470. The lowest BCUT2D eigenvalue weighted by Gasteiger charge is -2.32. The van der Waals surface area contributed by atoms with E-state index >= 15 is 0 Å². The van der Waals surface area contributed by atoms with Crippen molar-refractivity contribution in [2.45, 2.75) is 51.1 Å². The van der Waals surface area contributed by atoms with Gasteiger partial charge >= 0.3 is 0 Å². The van der Waals surface area contributed by atoms with Crippen molar-refractivity contribution in [2.75, 3.05) is 24.5 Å². The molecule has 3 aromatic rings. The number of sulfonamides is 1. The number of benzene rings is 3. The zero-order valence-corrected chi connectivity index (χ0v) is 26.0. The molecule has 1 unspecified atom stereocenters. The number of nitrogens with zero attached hydrogens (tertiary/aromatic N) is 2. The molecule has 0 bridgehead atoms. The second kappa shape index (κ2) is 14.5. The van der Waals surface area contributed by atoms with Gasteiger partial charge in [0.05, 0.1) is 22.2 Å². The number of carbonyl (C=O) groups is 2. The first-order chi connectivity index (χ1) is 19.5. The van der Waals surface area contributed by atoms with Gasteiger partial charge in [-0.05, 0) is 72.6 Å². The Morgan fingerprint density at radius 2 is 1.76 bits per heavy atom. The Kier molecular flexibility index (Phi) is 11.3. The fraction of sp³-hybridized carbons (Fsp3) is 0.333. The first-order valence-electron chi connectivity index (χ1n) is 13.2. The van der Waals surface area contributed by atoms with Crippen LogP contribution in [0.15, 0.2) is 76.1 Å². The van der Waals surface area contributed by atoms with Gasteiger partial charge in [-0.25, -0.2) is 12.8 Å². The number of aryl methyl sites for hydroxylation is 1. The lowest BCUT2D eigenvalue weighted by Crippen LogP contribution is -2.51. The lowest BCUT2D eigenvalue weighted by molar-refractivity contribution is -0.139. The molecular weight excluding hydrogens is 613 g/mol. The average Bonchev–Trinajstić information content (AvgIpc) is 2.95. The highest BCUT2D eigenvalue weighted by Gasteiger charge is 2.33. The van der Waals surface area contributed by atoms with E-state index in [0.717, 1.165) is 22.7 Å². The second-order valence-electron chi connectivity index (χ2n) is 9.58. The number of hydrogen-bond donors (Lipinski definition) is 1. The molecule has 0 aliphatic carbocycles. The maximum Gasteiger partial charge on any atom is 0.264 e. The van der Waals surface area contributed by atoms with E-state index in [2.05, 4.69) is 21.2 Å². The molecule has 0 spiro atoms. The van der Waals surface area contributed by atoms with E-state index in [9.17, 15) is 22.4 Å². The van der Waals surface area contributed by atoms with Gasteiger partial charge in [-0.2, -0.15) is 0 Å². The minimum Gasteiger partial charge on any atom is -0.496 e. The minimum atomic E-state index is -4.26. The number of hydrogen-bond acceptors (Lipinski definition) is 5. The predicted molar refractivity (Wildman–Crippen MR) is 161 cm³/mol. The van der Waals surface area contributed by atoms with Crippen LogP contribution in [0.25, 0.3) is 0 Å². The molecule has 3 rings (SSSR count). The molecule has 0 aliphatic rings. The third-order valence-corrected chi connectivity index (χ3v) is 9.00. The van der Waals surface area contributed by atoms with Gasteiger partial charge in [0.25, 0.3) is 10.0 Å². The Morgan fingerprint density at radius 3 is 2.37 bits per heavy atom. The van der Waals surface area contributed by atoms with Crippen molar-refractivity contribution in [3.05, 3.63) is 88.1 Å². The summed E-state index contributed by atoms with van der Waals surface area (Å²) < 4.78 is 49.2. The van der Waals surface area contributed by atoms with Gasteiger partial charge in [-0.1, -0.05) is 49.2 Å². The number of methoxy groups -OCH3 is 1. The first-order valence-corrected chi connectivity index (χ1v) is 15.5. The second-order valence-corrected chi connectivity index (χ2v) is 12.3. The standard InChI is InChI=1S/C30H35BrFN3O5S/c1-5-6-17-33-30(37)22(3)34(19-23-9-7-8-10-27(23)32)29(36)20-35(24-13-11-21(2)12-14-24)41(38,39)25-15-16-28(40-4)26(31)18-25/h7-16,18,22H,5-6,17,19-20H2,1-4H3,(H,33,37). The van der Waals surface area contributed by atoms with Crippen molar-refractivity contribution < 1.29 is 27.1 Å². The van der Waals surface area contributed by atoms with Gasteiger partial charge in [0.15, 0.2) is 0 Å². The molecule has 0 aliphatic heterocycles. The molecular formula is C30H35BrFN3O5S. The molecule has 0 radical (unpaired) electrons. The highest BCUT2D eigenvalue weighted by molar-refractivity contribution is 9.10. The molecule has 3 aromatic carbocycles. The Hall–Kier alpha value is -3.44. The van der Waals surface area contributed by atoms with Crippen LogP contribution in [0.5, 0.6) is 5.75 Å². The molecule has 11 heteroatoms. The SMILES string of the molecule is CCCCNC(=O)C(C)N(Cc1ccccc1F)C(=O)CN(c1ccc(C)cc1)S(=O)(=O)c1ccc(OC)c(Br)c1. The average molecular weight is 649 g/mol. The summed E-state index contributed by atoms with van der Waals surface area (Å²) in [6, 6.07) is 16.0. The quantitative estimate of drug-likeness (QED) is 0.250. The third-order valence-electron chi connectivity index (χ3n) is 6.61. The van der Waals surface area contributed by atoms with Crippen LogP contribution in [-0.4, -0.2) is 51.4 Å². The number of nitrogens with one attached hydrogen (secondary N) is 1. The molecule has 0 fully saturated rings. The van der Waals surface area contributed by atoms with Crippen molar-refractivity contribution in [1.82, 2.24) is 10.2 Å². The Labute approximate surface area is 249 Å². The van der Waals surface area contributed by atoms with E-state index in [-0.39, 0.29) is 22.7 Å². The van der Waals surface area contributed by atoms with Gasteiger partial charge in [-0.15, -0.1) is 0 Å². The summed E-state index contributed by atoms with van der Waals surface area (Å²) in [6.45, 7) is 5.00. The maximum absolute atomic E-state index is 14.6. The van der Waals surface area contributed by atoms with Crippen molar-refractivity contribution >= 4 is 43.5 Å². The van der Waals surface area contributed by atoms with Crippen LogP contribution in [0.3, 0.4) is 0 Å². The van der Waals surface area contributed by atoms with Gasteiger partial charge in [0.2, 0.25) is 11.8 Å². The van der Waals surface area contributed by atoms with E-state index < -0.39 is 40.2 Å².